The summed E-state index contributed by atoms with van der Waals surface area (Å²) in [6.45, 7) is 2.55. The van der Waals surface area contributed by atoms with Gasteiger partial charge in [-0.1, -0.05) is 47.2 Å². The zero-order chi connectivity index (χ0) is 18.8. The van der Waals surface area contributed by atoms with E-state index in [9.17, 15) is 9.59 Å². The fourth-order valence-corrected chi connectivity index (χ4v) is 3.88. The fourth-order valence-electron chi connectivity index (χ4n) is 3.05. The topological polar surface area (TPSA) is 75.2 Å². The molecule has 1 aromatic heterocycles. The number of para-hydroxylation sites is 1. The van der Waals surface area contributed by atoms with Gasteiger partial charge in [-0.25, -0.2) is 0 Å². The van der Waals surface area contributed by atoms with Crippen molar-refractivity contribution in [1.82, 2.24) is 10.2 Å². The number of carbonyl (C=O) groups is 2. The third kappa shape index (κ3) is 3.73. The van der Waals surface area contributed by atoms with Crippen LogP contribution < -0.4 is 10.2 Å². The summed E-state index contributed by atoms with van der Waals surface area (Å²) in [5, 5.41) is 12.3. The molecule has 0 aliphatic carbocycles. The Morgan fingerprint density at radius 2 is 1.85 bits per heavy atom. The molecule has 1 atom stereocenters. The molecule has 1 saturated heterocycles. The van der Waals surface area contributed by atoms with Crippen LogP contribution in [-0.2, 0) is 4.79 Å². The molecule has 2 aromatic carbocycles. The van der Waals surface area contributed by atoms with Gasteiger partial charge in [0.25, 0.3) is 5.91 Å². The second-order valence-electron chi connectivity index (χ2n) is 6.51. The van der Waals surface area contributed by atoms with E-state index >= 15 is 0 Å². The van der Waals surface area contributed by atoms with E-state index in [1.807, 2.05) is 49.4 Å². The predicted octanol–water partition coefficient (Wildman–Crippen LogP) is 3.62. The number of rotatable bonds is 4. The van der Waals surface area contributed by atoms with Crippen LogP contribution in [0.15, 0.2) is 54.6 Å². The van der Waals surface area contributed by atoms with Gasteiger partial charge in [0.05, 0.1) is 0 Å². The standard InChI is InChI=1S/C20H18N4O2S/c1-13-7-9-14(10-8-13)18(26)21-20-23-22-19(27-20)15-11-17(25)24(12-15)16-5-3-2-4-6-16/h2-10,15H,11-12H2,1H3,(H,21,23,26)/t15-/m1/s1. The largest absolute Gasteiger partial charge is 0.312 e. The maximum absolute atomic E-state index is 12.4. The minimum Gasteiger partial charge on any atom is -0.312 e. The van der Waals surface area contributed by atoms with Crippen LogP contribution in [0, 0.1) is 6.92 Å². The van der Waals surface area contributed by atoms with Crippen molar-refractivity contribution in [1.29, 1.82) is 0 Å². The lowest BCUT2D eigenvalue weighted by Crippen LogP contribution is -2.24. The van der Waals surface area contributed by atoms with Gasteiger partial charge in [0.1, 0.15) is 5.01 Å². The Bertz CT molecular complexity index is 969. The van der Waals surface area contributed by atoms with E-state index in [0.29, 0.717) is 23.7 Å². The summed E-state index contributed by atoms with van der Waals surface area (Å²) in [5.74, 6) is -0.155. The van der Waals surface area contributed by atoms with E-state index < -0.39 is 0 Å². The van der Waals surface area contributed by atoms with Crippen molar-refractivity contribution < 1.29 is 9.59 Å². The molecule has 6 nitrogen and oxygen atoms in total. The second kappa shape index (κ2) is 7.28. The van der Waals surface area contributed by atoms with Gasteiger partial charge < -0.3 is 4.90 Å². The van der Waals surface area contributed by atoms with Crippen LogP contribution in [0.3, 0.4) is 0 Å². The lowest BCUT2D eigenvalue weighted by Gasteiger charge is -2.15. The summed E-state index contributed by atoms with van der Waals surface area (Å²) in [7, 11) is 0. The van der Waals surface area contributed by atoms with Crippen molar-refractivity contribution in [2.24, 2.45) is 0 Å². The first-order valence-corrected chi connectivity index (χ1v) is 9.48. The van der Waals surface area contributed by atoms with Crippen LogP contribution in [0.1, 0.15) is 33.3 Å². The van der Waals surface area contributed by atoms with Crippen LogP contribution in [-0.4, -0.2) is 28.6 Å². The average molecular weight is 378 g/mol. The van der Waals surface area contributed by atoms with E-state index in [2.05, 4.69) is 15.5 Å². The van der Waals surface area contributed by atoms with Crippen LogP contribution in [0.4, 0.5) is 10.8 Å². The first-order chi connectivity index (χ1) is 13.1. The zero-order valence-corrected chi connectivity index (χ0v) is 15.6. The highest BCUT2D eigenvalue weighted by Crippen LogP contribution is 2.34. The molecule has 0 spiro atoms. The van der Waals surface area contributed by atoms with Crippen LogP contribution >= 0.6 is 11.3 Å². The fraction of sp³-hybridized carbons (Fsp3) is 0.200. The molecule has 2 amide bonds. The number of nitrogens with zero attached hydrogens (tertiary/aromatic N) is 3. The maximum Gasteiger partial charge on any atom is 0.257 e. The molecule has 4 rings (SSSR count). The number of aromatic nitrogens is 2. The summed E-state index contributed by atoms with van der Waals surface area (Å²) < 4.78 is 0. The van der Waals surface area contributed by atoms with Gasteiger partial charge in [0, 0.05) is 30.1 Å². The Labute approximate surface area is 160 Å². The maximum atomic E-state index is 12.4. The number of benzene rings is 2. The Balaban J connectivity index is 1.44. The normalized spacial score (nSPS) is 16.6. The molecular weight excluding hydrogens is 360 g/mol. The van der Waals surface area contributed by atoms with Gasteiger partial charge in [-0.05, 0) is 31.2 Å². The van der Waals surface area contributed by atoms with Crippen molar-refractivity contribution in [2.45, 2.75) is 19.3 Å². The van der Waals surface area contributed by atoms with E-state index in [1.165, 1.54) is 11.3 Å². The van der Waals surface area contributed by atoms with Gasteiger partial charge in [0.15, 0.2) is 0 Å². The summed E-state index contributed by atoms with van der Waals surface area (Å²) in [5.41, 5.74) is 2.56. The number of hydrogen-bond acceptors (Lipinski definition) is 5. The van der Waals surface area contributed by atoms with Gasteiger partial charge in [-0.2, -0.15) is 0 Å². The molecule has 1 fully saturated rings. The number of amides is 2. The minimum absolute atomic E-state index is 0.0137. The van der Waals surface area contributed by atoms with E-state index in [0.717, 1.165) is 16.3 Å². The Morgan fingerprint density at radius 1 is 1.11 bits per heavy atom. The molecule has 27 heavy (non-hydrogen) atoms. The molecule has 0 bridgehead atoms. The van der Waals surface area contributed by atoms with Crippen molar-refractivity contribution in [3.63, 3.8) is 0 Å². The van der Waals surface area contributed by atoms with E-state index in [1.54, 1.807) is 17.0 Å². The Kier molecular flexibility index (Phi) is 4.68. The molecule has 1 N–H and O–H groups in total. The number of hydrogen-bond donors (Lipinski definition) is 1. The summed E-state index contributed by atoms with van der Waals surface area (Å²) in [4.78, 5) is 26.5. The monoisotopic (exact) mass is 378 g/mol. The summed E-state index contributed by atoms with van der Waals surface area (Å²) in [6, 6.07) is 16.9. The second-order valence-corrected chi connectivity index (χ2v) is 7.52. The lowest BCUT2D eigenvalue weighted by atomic mass is 10.1. The van der Waals surface area contributed by atoms with Crippen LogP contribution in [0.5, 0.6) is 0 Å². The molecule has 7 heteroatoms. The molecular formula is C20H18N4O2S. The molecule has 0 saturated carbocycles. The molecule has 2 heterocycles. The predicted molar refractivity (Wildman–Crippen MR) is 105 cm³/mol. The van der Waals surface area contributed by atoms with Gasteiger partial charge in [-0.15, -0.1) is 10.2 Å². The highest BCUT2D eigenvalue weighted by atomic mass is 32.1. The van der Waals surface area contributed by atoms with Gasteiger partial charge in [0.2, 0.25) is 11.0 Å². The first-order valence-electron chi connectivity index (χ1n) is 8.67. The lowest BCUT2D eigenvalue weighted by molar-refractivity contribution is -0.117. The quantitative estimate of drug-likeness (QED) is 0.752. The van der Waals surface area contributed by atoms with Crippen molar-refractivity contribution >= 4 is 34.0 Å². The Hall–Kier alpha value is -3.06. The van der Waals surface area contributed by atoms with E-state index in [4.69, 9.17) is 0 Å². The average Bonchev–Trinajstić information content (AvgIpc) is 3.29. The number of aryl methyl sites for hydroxylation is 1. The number of anilines is 2. The van der Waals surface area contributed by atoms with Crippen molar-refractivity contribution in [2.75, 3.05) is 16.8 Å². The summed E-state index contributed by atoms with van der Waals surface area (Å²) >= 11 is 1.32. The van der Waals surface area contributed by atoms with Crippen LogP contribution in [0.2, 0.25) is 0 Å². The SMILES string of the molecule is Cc1ccc(C(=O)Nc2nnc([C@@H]3CC(=O)N(c4ccccc4)C3)s2)cc1. The highest BCUT2D eigenvalue weighted by molar-refractivity contribution is 7.15. The molecule has 0 radical (unpaired) electrons. The molecule has 3 aromatic rings. The third-order valence-corrected chi connectivity index (χ3v) is 5.52. The van der Waals surface area contributed by atoms with Crippen LogP contribution in [0.25, 0.3) is 0 Å². The Morgan fingerprint density at radius 3 is 2.59 bits per heavy atom. The molecule has 1 aliphatic heterocycles. The first kappa shape index (κ1) is 17.4. The highest BCUT2D eigenvalue weighted by Gasteiger charge is 2.33. The number of nitrogens with one attached hydrogen (secondary N) is 1. The van der Waals surface area contributed by atoms with Gasteiger partial charge in [-0.3, -0.25) is 14.9 Å². The van der Waals surface area contributed by atoms with Crippen molar-refractivity contribution in [3.8, 4) is 0 Å². The van der Waals surface area contributed by atoms with E-state index in [-0.39, 0.29) is 17.7 Å². The molecule has 1 aliphatic rings. The number of carbonyl (C=O) groups excluding carboxylic acids is 2. The smallest absolute Gasteiger partial charge is 0.257 e. The zero-order valence-electron chi connectivity index (χ0n) is 14.8. The van der Waals surface area contributed by atoms with Gasteiger partial charge >= 0.3 is 0 Å². The molecule has 0 unspecified atom stereocenters. The molecule has 136 valence electrons. The summed E-state index contributed by atoms with van der Waals surface area (Å²) in [6.07, 6.45) is 0.398. The third-order valence-electron chi connectivity index (χ3n) is 4.52. The van der Waals surface area contributed by atoms with Crippen molar-refractivity contribution in [3.05, 3.63) is 70.7 Å². The minimum atomic E-state index is -0.217.